The fourth-order valence-corrected chi connectivity index (χ4v) is 3.01. The van der Waals surface area contributed by atoms with Crippen molar-refractivity contribution in [2.45, 2.75) is 58.3 Å². The molecular formula is C20H25F2NO6. The van der Waals surface area contributed by atoms with Gasteiger partial charge < -0.3 is 19.5 Å². The number of carbonyl (C=O) groups excluding carboxylic acids is 3. The topological polar surface area (TPSA) is 90.9 Å². The molecule has 0 aromatic heterocycles. The molecule has 1 N–H and O–H groups in total. The van der Waals surface area contributed by atoms with Gasteiger partial charge in [-0.3, -0.25) is 9.59 Å². The number of carbonyl (C=O) groups is 3. The maximum Gasteiger partial charge on any atom is 0.408 e. The Morgan fingerprint density at radius 2 is 1.86 bits per heavy atom. The molecule has 0 bridgehead atoms. The zero-order valence-electron chi connectivity index (χ0n) is 16.8. The average Bonchev–Trinajstić information content (AvgIpc) is 2.93. The molecule has 7 nitrogen and oxygen atoms in total. The predicted molar refractivity (Wildman–Crippen MR) is 97.8 cm³/mol. The molecule has 1 saturated heterocycles. The van der Waals surface area contributed by atoms with E-state index in [1.165, 1.54) is 0 Å². The summed E-state index contributed by atoms with van der Waals surface area (Å²) < 4.78 is 42.5. The predicted octanol–water partition coefficient (Wildman–Crippen LogP) is 2.90. The molecule has 1 heterocycles. The van der Waals surface area contributed by atoms with Gasteiger partial charge in [0, 0.05) is 12.5 Å². The number of ether oxygens (including phenoxy) is 3. The third kappa shape index (κ3) is 6.69. The maximum absolute atomic E-state index is 13.6. The van der Waals surface area contributed by atoms with E-state index >= 15 is 0 Å². The molecule has 1 fully saturated rings. The Balaban J connectivity index is 2.21. The van der Waals surface area contributed by atoms with Gasteiger partial charge in [-0.1, -0.05) is 0 Å². The zero-order chi connectivity index (χ0) is 21.8. The number of benzene rings is 1. The largest absolute Gasteiger partial charge is 0.465 e. The molecule has 1 aromatic rings. The summed E-state index contributed by atoms with van der Waals surface area (Å²) in [5.74, 6) is -4.15. The fourth-order valence-electron chi connectivity index (χ4n) is 3.01. The normalized spacial score (nSPS) is 20.0. The summed E-state index contributed by atoms with van der Waals surface area (Å²) in [5.41, 5.74) is -0.529. The smallest absolute Gasteiger partial charge is 0.408 e. The van der Waals surface area contributed by atoms with Crippen LogP contribution in [0, 0.1) is 17.6 Å². The molecule has 0 aliphatic carbocycles. The van der Waals surface area contributed by atoms with E-state index in [2.05, 4.69) is 5.32 Å². The van der Waals surface area contributed by atoms with E-state index in [0.717, 1.165) is 18.2 Å². The van der Waals surface area contributed by atoms with E-state index in [0.29, 0.717) is 0 Å². The van der Waals surface area contributed by atoms with Gasteiger partial charge in [-0.05, 0) is 51.8 Å². The second-order valence-electron chi connectivity index (χ2n) is 7.75. The van der Waals surface area contributed by atoms with Crippen LogP contribution in [0.25, 0.3) is 0 Å². The molecule has 0 saturated carbocycles. The van der Waals surface area contributed by atoms with Gasteiger partial charge in [0.25, 0.3) is 0 Å². The quantitative estimate of drug-likeness (QED) is 0.438. The van der Waals surface area contributed by atoms with Crippen molar-refractivity contribution in [2.75, 3.05) is 6.61 Å². The average molecular weight is 413 g/mol. The lowest BCUT2D eigenvalue weighted by Crippen LogP contribution is -2.46. The standard InChI is InChI=1S/C20H25F2NO6/c1-5-27-17(24)14-10-16(28-18(14)25)15(23-19(26)29-20(2,3)4)8-11-6-12(21)9-13(22)7-11/h6-7,9,14-16H,5,8,10H2,1-4H3,(H,23,26)/t14?,15-,16-/m0/s1. The molecule has 9 heteroatoms. The van der Waals surface area contributed by atoms with Crippen LogP contribution in [0.3, 0.4) is 0 Å². The Kier molecular flexibility index (Phi) is 7.16. The maximum atomic E-state index is 13.6. The van der Waals surface area contributed by atoms with Crippen LogP contribution < -0.4 is 5.32 Å². The molecule has 0 spiro atoms. The van der Waals surface area contributed by atoms with Crippen molar-refractivity contribution in [3.8, 4) is 0 Å². The molecule has 1 aromatic carbocycles. The zero-order valence-corrected chi connectivity index (χ0v) is 16.8. The van der Waals surface area contributed by atoms with E-state index in [-0.39, 0.29) is 25.0 Å². The number of hydrogen-bond acceptors (Lipinski definition) is 6. The first-order valence-electron chi connectivity index (χ1n) is 9.30. The van der Waals surface area contributed by atoms with Gasteiger partial charge >= 0.3 is 18.0 Å². The van der Waals surface area contributed by atoms with Crippen LogP contribution in [0.4, 0.5) is 13.6 Å². The van der Waals surface area contributed by atoms with Crippen molar-refractivity contribution >= 4 is 18.0 Å². The molecular weight excluding hydrogens is 388 g/mol. The first kappa shape index (κ1) is 22.6. The summed E-state index contributed by atoms with van der Waals surface area (Å²) >= 11 is 0. The molecule has 1 aliphatic rings. The lowest BCUT2D eigenvalue weighted by molar-refractivity contribution is -0.156. The second kappa shape index (κ2) is 9.19. The van der Waals surface area contributed by atoms with Crippen molar-refractivity contribution in [3.05, 3.63) is 35.4 Å². The Labute approximate surface area is 167 Å². The van der Waals surface area contributed by atoms with Crippen LogP contribution in [0.1, 0.15) is 39.7 Å². The summed E-state index contributed by atoms with van der Waals surface area (Å²) in [5, 5.41) is 2.58. The molecule has 160 valence electrons. The Hall–Kier alpha value is -2.71. The molecule has 0 radical (unpaired) electrons. The summed E-state index contributed by atoms with van der Waals surface area (Å²) in [6, 6.07) is 2.10. The Morgan fingerprint density at radius 3 is 2.41 bits per heavy atom. The molecule has 29 heavy (non-hydrogen) atoms. The van der Waals surface area contributed by atoms with Gasteiger partial charge in [-0.25, -0.2) is 13.6 Å². The van der Waals surface area contributed by atoms with Gasteiger partial charge in [0.1, 0.15) is 23.3 Å². The highest BCUT2D eigenvalue weighted by atomic mass is 19.1. The lowest BCUT2D eigenvalue weighted by Gasteiger charge is -2.26. The van der Waals surface area contributed by atoms with E-state index in [1.54, 1.807) is 27.7 Å². The number of halogens is 2. The highest BCUT2D eigenvalue weighted by Gasteiger charge is 2.44. The van der Waals surface area contributed by atoms with Crippen LogP contribution in [0.2, 0.25) is 0 Å². The van der Waals surface area contributed by atoms with E-state index < -0.39 is 53.3 Å². The number of cyclic esters (lactones) is 1. The minimum atomic E-state index is -1.12. The lowest BCUT2D eigenvalue weighted by atomic mass is 9.95. The number of hydrogen-bond donors (Lipinski definition) is 1. The molecule has 1 amide bonds. The third-order valence-electron chi connectivity index (χ3n) is 4.12. The number of alkyl carbamates (subject to hydrolysis) is 1. The summed E-state index contributed by atoms with van der Waals surface area (Å²) in [6.45, 7) is 6.75. The van der Waals surface area contributed by atoms with Crippen LogP contribution >= 0.6 is 0 Å². The second-order valence-corrected chi connectivity index (χ2v) is 7.75. The van der Waals surface area contributed by atoms with Gasteiger partial charge in [-0.2, -0.15) is 0 Å². The molecule has 1 unspecified atom stereocenters. The van der Waals surface area contributed by atoms with Gasteiger partial charge in [-0.15, -0.1) is 0 Å². The monoisotopic (exact) mass is 413 g/mol. The first-order chi connectivity index (χ1) is 13.5. The molecule has 3 atom stereocenters. The number of amides is 1. The minimum absolute atomic E-state index is 0.0318. The molecule has 2 rings (SSSR count). The van der Waals surface area contributed by atoms with E-state index in [9.17, 15) is 23.2 Å². The van der Waals surface area contributed by atoms with Crippen molar-refractivity contribution < 1.29 is 37.4 Å². The van der Waals surface area contributed by atoms with Crippen molar-refractivity contribution in [3.63, 3.8) is 0 Å². The van der Waals surface area contributed by atoms with Gasteiger partial charge in [0.15, 0.2) is 5.92 Å². The van der Waals surface area contributed by atoms with E-state index in [1.807, 2.05) is 0 Å². The highest BCUT2D eigenvalue weighted by Crippen LogP contribution is 2.27. The SMILES string of the molecule is CCOC(=O)C1C[C@@H]([C@H](Cc2cc(F)cc(F)c2)NC(=O)OC(C)(C)C)OC1=O. The number of rotatable bonds is 6. The Morgan fingerprint density at radius 1 is 1.24 bits per heavy atom. The van der Waals surface area contributed by atoms with E-state index in [4.69, 9.17) is 14.2 Å². The number of nitrogens with one attached hydrogen (secondary N) is 1. The number of esters is 2. The minimum Gasteiger partial charge on any atom is -0.465 e. The van der Waals surface area contributed by atoms with Crippen LogP contribution in [0.15, 0.2) is 18.2 Å². The summed E-state index contributed by atoms with van der Waals surface area (Å²) in [6.07, 6.45) is -1.75. The molecule has 1 aliphatic heterocycles. The highest BCUT2D eigenvalue weighted by molar-refractivity contribution is 5.96. The van der Waals surface area contributed by atoms with Gasteiger partial charge in [0.05, 0.1) is 12.6 Å². The van der Waals surface area contributed by atoms with Crippen molar-refractivity contribution in [2.24, 2.45) is 5.92 Å². The first-order valence-corrected chi connectivity index (χ1v) is 9.30. The Bertz CT molecular complexity index is 756. The summed E-state index contributed by atoms with van der Waals surface area (Å²) in [4.78, 5) is 36.3. The summed E-state index contributed by atoms with van der Waals surface area (Å²) in [7, 11) is 0. The van der Waals surface area contributed by atoms with Crippen LogP contribution in [0.5, 0.6) is 0 Å². The van der Waals surface area contributed by atoms with Gasteiger partial charge in [0.2, 0.25) is 0 Å². The van der Waals surface area contributed by atoms with Crippen LogP contribution in [-0.2, 0) is 30.2 Å². The van der Waals surface area contributed by atoms with Crippen LogP contribution in [-0.4, -0.2) is 42.4 Å². The van der Waals surface area contributed by atoms with Crippen molar-refractivity contribution in [1.29, 1.82) is 0 Å². The van der Waals surface area contributed by atoms with Crippen molar-refractivity contribution in [1.82, 2.24) is 5.32 Å². The third-order valence-corrected chi connectivity index (χ3v) is 4.12. The fraction of sp³-hybridized carbons (Fsp3) is 0.550.